The zero-order valence-electron chi connectivity index (χ0n) is 20.7. The van der Waals surface area contributed by atoms with Crippen LogP contribution in [0.3, 0.4) is 0 Å². The molecule has 3 rings (SSSR count). The second-order valence-corrected chi connectivity index (χ2v) is 8.66. The highest BCUT2D eigenvalue weighted by Crippen LogP contribution is 2.24. The second kappa shape index (κ2) is 12.3. The van der Waals surface area contributed by atoms with Crippen LogP contribution in [-0.4, -0.2) is 46.3 Å². The number of fused-ring (bicyclic) bond motifs is 1. The lowest BCUT2D eigenvalue weighted by atomic mass is 10.1. The highest BCUT2D eigenvalue weighted by atomic mass is 19.1. The van der Waals surface area contributed by atoms with Crippen LogP contribution in [0.2, 0.25) is 0 Å². The van der Waals surface area contributed by atoms with Crippen LogP contribution in [0, 0.1) is 5.82 Å². The number of aromatic nitrogens is 1. The number of carbonyl (C=O) groups is 3. The van der Waals surface area contributed by atoms with Gasteiger partial charge in [-0.1, -0.05) is 44.4 Å². The molecule has 3 aromatic rings. The van der Waals surface area contributed by atoms with Crippen LogP contribution in [0.5, 0.6) is 0 Å². The molecule has 0 aliphatic heterocycles. The molecule has 0 aliphatic rings. The maximum absolute atomic E-state index is 14.1. The van der Waals surface area contributed by atoms with E-state index < -0.39 is 11.9 Å². The number of unbranched alkanes of at least 4 members (excludes halogenated alkanes) is 2. The molecule has 0 saturated heterocycles. The molecular formula is C28H34FN3O3. The van der Waals surface area contributed by atoms with Gasteiger partial charge in [-0.15, -0.1) is 0 Å². The number of nitrogens with one attached hydrogen (secondary N) is 1. The van der Waals surface area contributed by atoms with Crippen molar-refractivity contribution in [2.24, 2.45) is 0 Å². The van der Waals surface area contributed by atoms with Crippen molar-refractivity contribution in [3.63, 3.8) is 0 Å². The highest BCUT2D eigenvalue weighted by molar-refractivity contribution is 6.03. The lowest BCUT2D eigenvalue weighted by molar-refractivity contribution is -0.136. The van der Waals surface area contributed by atoms with Gasteiger partial charge in [0.2, 0.25) is 11.8 Å². The number of hydrogen-bond acceptors (Lipinski definition) is 3. The Morgan fingerprint density at radius 2 is 1.71 bits per heavy atom. The quantitative estimate of drug-likeness (QED) is 0.396. The van der Waals surface area contributed by atoms with Gasteiger partial charge in [0.1, 0.15) is 11.9 Å². The SMILES string of the molecule is CCCCCC(NC(=O)Cc1cn(C(=O)c2ccccc2)c2ccc(F)cc12)C(=O)N(CC)CC. The van der Waals surface area contributed by atoms with Crippen molar-refractivity contribution in [1.29, 1.82) is 0 Å². The molecule has 0 radical (unpaired) electrons. The van der Waals surface area contributed by atoms with Gasteiger partial charge in [0.15, 0.2) is 0 Å². The number of halogens is 1. The Morgan fingerprint density at radius 3 is 2.37 bits per heavy atom. The van der Waals surface area contributed by atoms with Crippen molar-refractivity contribution in [3.8, 4) is 0 Å². The maximum atomic E-state index is 14.1. The van der Waals surface area contributed by atoms with Crippen LogP contribution in [0.15, 0.2) is 54.7 Å². The fourth-order valence-electron chi connectivity index (χ4n) is 4.33. The largest absolute Gasteiger partial charge is 0.344 e. The van der Waals surface area contributed by atoms with Gasteiger partial charge in [0, 0.05) is 30.2 Å². The van der Waals surface area contributed by atoms with E-state index in [0.717, 1.165) is 19.3 Å². The van der Waals surface area contributed by atoms with Crippen LogP contribution in [0.1, 0.15) is 62.4 Å². The Bertz CT molecular complexity index is 1170. The fraction of sp³-hybridized carbons (Fsp3) is 0.393. The van der Waals surface area contributed by atoms with E-state index in [1.54, 1.807) is 41.4 Å². The molecule has 35 heavy (non-hydrogen) atoms. The first kappa shape index (κ1) is 26.1. The predicted octanol–water partition coefficient (Wildman–Crippen LogP) is 4.94. The van der Waals surface area contributed by atoms with Crippen molar-refractivity contribution in [3.05, 3.63) is 71.7 Å². The van der Waals surface area contributed by atoms with E-state index in [9.17, 15) is 18.8 Å². The fourth-order valence-corrected chi connectivity index (χ4v) is 4.33. The van der Waals surface area contributed by atoms with E-state index in [-0.39, 0.29) is 24.1 Å². The molecule has 0 saturated carbocycles. The van der Waals surface area contributed by atoms with Gasteiger partial charge in [-0.05, 0) is 56.2 Å². The van der Waals surface area contributed by atoms with Crippen molar-refractivity contribution < 1.29 is 18.8 Å². The first-order chi connectivity index (χ1) is 16.9. The number of nitrogens with zero attached hydrogens (tertiary/aromatic N) is 2. The van der Waals surface area contributed by atoms with Gasteiger partial charge in [-0.25, -0.2) is 4.39 Å². The molecule has 7 heteroatoms. The summed E-state index contributed by atoms with van der Waals surface area (Å²) in [7, 11) is 0. The number of benzene rings is 2. The third-order valence-corrected chi connectivity index (χ3v) is 6.24. The van der Waals surface area contributed by atoms with Gasteiger partial charge in [-0.2, -0.15) is 0 Å². The molecule has 0 aliphatic carbocycles. The topological polar surface area (TPSA) is 71.4 Å². The number of amides is 2. The molecule has 1 aromatic heterocycles. The normalized spacial score (nSPS) is 11.9. The smallest absolute Gasteiger partial charge is 0.262 e. The summed E-state index contributed by atoms with van der Waals surface area (Å²) in [6, 6.07) is 12.4. The molecule has 1 heterocycles. The van der Waals surface area contributed by atoms with Crippen LogP contribution >= 0.6 is 0 Å². The van der Waals surface area contributed by atoms with E-state index in [2.05, 4.69) is 12.2 Å². The Balaban J connectivity index is 1.87. The zero-order valence-corrected chi connectivity index (χ0v) is 20.7. The van der Waals surface area contributed by atoms with E-state index in [0.29, 0.717) is 41.5 Å². The number of hydrogen-bond donors (Lipinski definition) is 1. The minimum atomic E-state index is -0.606. The summed E-state index contributed by atoms with van der Waals surface area (Å²) < 4.78 is 15.5. The number of carbonyl (C=O) groups excluding carboxylic acids is 3. The third-order valence-electron chi connectivity index (χ3n) is 6.24. The third kappa shape index (κ3) is 6.35. The monoisotopic (exact) mass is 479 g/mol. The Kier molecular flexibility index (Phi) is 9.18. The van der Waals surface area contributed by atoms with Crippen molar-refractivity contribution in [2.45, 2.75) is 58.9 Å². The van der Waals surface area contributed by atoms with Crippen LogP contribution in [-0.2, 0) is 16.0 Å². The predicted molar refractivity (Wildman–Crippen MR) is 136 cm³/mol. The van der Waals surface area contributed by atoms with Crippen molar-refractivity contribution in [2.75, 3.05) is 13.1 Å². The van der Waals surface area contributed by atoms with Gasteiger partial charge >= 0.3 is 0 Å². The first-order valence-electron chi connectivity index (χ1n) is 12.4. The average Bonchev–Trinajstić information content (AvgIpc) is 3.21. The minimum absolute atomic E-state index is 0.0647. The lowest BCUT2D eigenvalue weighted by Gasteiger charge is -2.26. The summed E-state index contributed by atoms with van der Waals surface area (Å²) in [5.74, 6) is -1.13. The van der Waals surface area contributed by atoms with Gasteiger partial charge in [0.05, 0.1) is 11.9 Å². The van der Waals surface area contributed by atoms with Crippen molar-refractivity contribution >= 4 is 28.6 Å². The van der Waals surface area contributed by atoms with E-state index in [1.807, 2.05) is 19.9 Å². The van der Waals surface area contributed by atoms with Crippen LogP contribution < -0.4 is 5.32 Å². The highest BCUT2D eigenvalue weighted by Gasteiger charge is 2.25. The lowest BCUT2D eigenvalue weighted by Crippen LogP contribution is -2.48. The molecule has 2 amide bonds. The summed E-state index contributed by atoms with van der Waals surface area (Å²) in [5.41, 5.74) is 1.55. The minimum Gasteiger partial charge on any atom is -0.344 e. The Hall–Kier alpha value is -3.48. The molecular weight excluding hydrogens is 445 g/mol. The summed E-state index contributed by atoms with van der Waals surface area (Å²) in [6.45, 7) is 7.07. The molecule has 1 unspecified atom stereocenters. The molecule has 1 N–H and O–H groups in total. The van der Waals surface area contributed by atoms with Gasteiger partial charge in [-0.3, -0.25) is 19.0 Å². The molecule has 0 fully saturated rings. The summed E-state index contributed by atoms with van der Waals surface area (Å²) in [4.78, 5) is 40.9. The van der Waals surface area contributed by atoms with E-state index >= 15 is 0 Å². The van der Waals surface area contributed by atoms with Crippen molar-refractivity contribution in [1.82, 2.24) is 14.8 Å². The standard InChI is InChI=1S/C28H34FN3O3/c1-4-7-9-14-24(28(35)31(5-2)6-3)30-26(33)17-21-19-32(25-16-15-22(29)18-23(21)25)27(34)20-12-10-8-11-13-20/h8,10-13,15-16,18-19,24H,4-7,9,14,17H2,1-3H3,(H,30,33). The second-order valence-electron chi connectivity index (χ2n) is 8.66. The van der Waals surface area contributed by atoms with Crippen LogP contribution in [0.4, 0.5) is 4.39 Å². The van der Waals surface area contributed by atoms with Gasteiger partial charge < -0.3 is 10.2 Å². The Morgan fingerprint density at radius 1 is 1.00 bits per heavy atom. The molecule has 2 aromatic carbocycles. The maximum Gasteiger partial charge on any atom is 0.262 e. The summed E-state index contributed by atoms with van der Waals surface area (Å²) >= 11 is 0. The Labute approximate surface area is 206 Å². The average molecular weight is 480 g/mol. The molecule has 0 bridgehead atoms. The number of likely N-dealkylation sites (N-methyl/N-ethyl adjacent to an activating group) is 1. The summed E-state index contributed by atoms with van der Waals surface area (Å²) in [5, 5.41) is 3.41. The first-order valence-corrected chi connectivity index (χ1v) is 12.4. The number of rotatable bonds is 11. The molecule has 6 nitrogen and oxygen atoms in total. The van der Waals surface area contributed by atoms with Crippen LogP contribution in [0.25, 0.3) is 10.9 Å². The molecule has 186 valence electrons. The van der Waals surface area contributed by atoms with Gasteiger partial charge in [0.25, 0.3) is 5.91 Å². The zero-order chi connectivity index (χ0) is 25.4. The van der Waals surface area contributed by atoms with E-state index in [4.69, 9.17) is 0 Å². The molecule has 0 spiro atoms. The molecule has 1 atom stereocenters. The van der Waals surface area contributed by atoms with E-state index in [1.165, 1.54) is 16.7 Å². The summed E-state index contributed by atoms with van der Waals surface area (Å²) in [6.07, 6.45) is 4.93.